The van der Waals surface area contributed by atoms with E-state index in [4.69, 9.17) is 5.73 Å². The number of hydrogen-bond donors (Lipinski definition) is 2. The minimum absolute atomic E-state index is 0.0709. The summed E-state index contributed by atoms with van der Waals surface area (Å²) in [6.07, 6.45) is 1.66. The van der Waals surface area contributed by atoms with Gasteiger partial charge in [0.25, 0.3) is 0 Å². The molecule has 1 rings (SSSR count). The second kappa shape index (κ2) is 5.46. The molecule has 0 aliphatic heterocycles. The lowest BCUT2D eigenvalue weighted by Crippen LogP contribution is -2.26. The van der Waals surface area contributed by atoms with E-state index in [1.165, 1.54) is 0 Å². The zero-order valence-corrected chi connectivity index (χ0v) is 9.90. The van der Waals surface area contributed by atoms with Gasteiger partial charge in [0, 0.05) is 44.5 Å². The van der Waals surface area contributed by atoms with Crippen LogP contribution in [0.3, 0.4) is 0 Å². The van der Waals surface area contributed by atoms with E-state index in [0.29, 0.717) is 6.54 Å². The van der Waals surface area contributed by atoms with Crippen LogP contribution in [0.15, 0.2) is 18.3 Å². The Balaban J connectivity index is 2.74. The average Bonchev–Trinajstić information content (AvgIpc) is 2.28. The molecule has 1 amide bonds. The molecule has 0 aliphatic rings. The van der Waals surface area contributed by atoms with E-state index in [9.17, 15) is 4.79 Å². The number of aromatic nitrogens is 1. The lowest BCUT2D eigenvalue weighted by molar-refractivity contribution is -0.119. The summed E-state index contributed by atoms with van der Waals surface area (Å²) in [7, 11) is 3.80. The van der Waals surface area contributed by atoms with Gasteiger partial charge in [-0.2, -0.15) is 0 Å². The van der Waals surface area contributed by atoms with Crippen LogP contribution < -0.4 is 16.0 Å². The van der Waals surface area contributed by atoms with E-state index in [1.54, 1.807) is 19.2 Å². The number of carbonyl (C=O) groups excluding carboxylic acids is 1. The largest absolute Gasteiger partial charge is 0.363 e. The van der Waals surface area contributed by atoms with Crippen LogP contribution in [-0.4, -0.2) is 31.5 Å². The van der Waals surface area contributed by atoms with Crippen LogP contribution in [0, 0.1) is 5.92 Å². The molecule has 0 fully saturated rings. The molecular formula is C11H18N4O. The lowest BCUT2D eigenvalue weighted by Gasteiger charge is -2.14. The van der Waals surface area contributed by atoms with Crippen LogP contribution in [0.1, 0.15) is 6.92 Å². The molecular weight excluding hydrogens is 204 g/mol. The summed E-state index contributed by atoms with van der Waals surface area (Å²) >= 11 is 0. The number of carbonyl (C=O) groups is 1. The van der Waals surface area contributed by atoms with E-state index >= 15 is 0 Å². The summed E-state index contributed by atoms with van der Waals surface area (Å²) in [4.78, 5) is 17.6. The molecule has 0 saturated heterocycles. The minimum atomic E-state index is -0.184. The first-order chi connectivity index (χ1) is 7.54. The molecule has 1 unspecified atom stereocenters. The van der Waals surface area contributed by atoms with Crippen LogP contribution in [0.5, 0.6) is 0 Å². The van der Waals surface area contributed by atoms with Gasteiger partial charge in [0.15, 0.2) is 0 Å². The maximum absolute atomic E-state index is 11.6. The molecule has 88 valence electrons. The van der Waals surface area contributed by atoms with Gasteiger partial charge in [-0.15, -0.1) is 0 Å². The molecule has 1 aromatic heterocycles. The standard InChI is InChI=1S/C11H18N4O/c1-8(7-12)11(16)14-9-4-5-13-10(6-9)15(2)3/h4-6,8H,7,12H2,1-3H3,(H,13,14,16). The molecule has 0 bridgehead atoms. The maximum Gasteiger partial charge on any atom is 0.228 e. The fourth-order valence-corrected chi connectivity index (χ4v) is 1.11. The molecule has 1 atom stereocenters. The Kier molecular flexibility index (Phi) is 4.25. The predicted molar refractivity (Wildman–Crippen MR) is 65.4 cm³/mol. The molecule has 3 N–H and O–H groups in total. The Morgan fingerprint density at radius 1 is 1.62 bits per heavy atom. The first kappa shape index (κ1) is 12.4. The highest BCUT2D eigenvalue weighted by atomic mass is 16.1. The van der Waals surface area contributed by atoms with Crippen molar-refractivity contribution >= 4 is 17.4 Å². The summed E-state index contributed by atoms with van der Waals surface area (Å²) in [5.41, 5.74) is 6.16. The van der Waals surface area contributed by atoms with Gasteiger partial charge >= 0.3 is 0 Å². The van der Waals surface area contributed by atoms with Crippen molar-refractivity contribution in [3.8, 4) is 0 Å². The van der Waals surface area contributed by atoms with E-state index < -0.39 is 0 Å². The Labute approximate surface area is 95.7 Å². The van der Waals surface area contributed by atoms with Crippen LogP contribution in [0.25, 0.3) is 0 Å². The third-order valence-corrected chi connectivity index (χ3v) is 2.27. The highest BCUT2D eigenvalue weighted by Crippen LogP contribution is 2.14. The van der Waals surface area contributed by atoms with Crippen LogP contribution >= 0.6 is 0 Å². The van der Waals surface area contributed by atoms with E-state index in [1.807, 2.05) is 25.1 Å². The average molecular weight is 222 g/mol. The smallest absolute Gasteiger partial charge is 0.228 e. The van der Waals surface area contributed by atoms with Gasteiger partial charge in [-0.3, -0.25) is 4.79 Å². The summed E-state index contributed by atoms with van der Waals surface area (Å²) in [6, 6.07) is 3.58. The number of pyridine rings is 1. The number of nitrogens with zero attached hydrogens (tertiary/aromatic N) is 2. The zero-order chi connectivity index (χ0) is 12.1. The Hall–Kier alpha value is -1.62. The molecule has 0 radical (unpaired) electrons. The van der Waals surface area contributed by atoms with Gasteiger partial charge < -0.3 is 16.0 Å². The minimum Gasteiger partial charge on any atom is -0.363 e. The molecule has 0 spiro atoms. The second-order valence-electron chi connectivity index (χ2n) is 3.92. The fraction of sp³-hybridized carbons (Fsp3) is 0.455. The van der Waals surface area contributed by atoms with Gasteiger partial charge in [0.1, 0.15) is 5.82 Å². The predicted octanol–water partition coefficient (Wildman–Crippen LogP) is 0.681. The van der Waals surface area contributed by atoms with E-state index in [2.05, 4.69) is 10.3 Å². The van der Waals surface area contributed by atoms with Gasteiger partial charge in [0.05, 0.1) is 0 Å². The SMILES string of the molecule is CC(CN)C(=O)Nc1ccnc(N(C)C)c1. The highest BCUT2D eigenvalue weighted by molar-refractivity contribution is 5.92. The molecule has 0 aliphatic carbocycles. The monoisotopic (exact) mass is 222 g/mol. The van der Waals surface area contributed by atoms with Crippen molar-refractivity contribution in [2.75, 3.05) is 30.9 Å². The Morgan fingerprint density at radius 3 is 2.88 bits per heavy atom. The number of anilines is 2. The quantitative estimate of drug-likeness (QED) is 0.786. The third kappa shape index (κ3) is 3.20. The van der Waals surface area contributed by atoms with Gasteiger partial charge in [0.2, 0.25) is 5.91 Å². The van der Waals surface area contributed by atoms with Crippen molar-refractivity contribution < 1.29 is 4.79 Å². The number of amides is 1. The van der Waals surface area contributed by atoms with Crippen molar-refractivity contribution in [2.24, 2.45) is 11.7 Å². The highest BCUT2D eigenvalue weighted by Gasteiger charge is 2.11. The van der Waals surface area contributed by atoms with Gasteiger partial charge in [-0.05, 0) is 6.07 Å². The summed E-state index contributed by atoms with van der Waals surface area (Å²) in [5.74, 6) is 0.549. The first-order valence-corrected chi connectivity index (χ1v) is 5.19. The van der Waals surface area contributed by atoms with Crippen molar-refractivity contribution in [1.29, 1.82) is 0 Å². The van der Waals surface area contributed by atoms with Crippen molar-refractivity contribution in [2.45, 2.75) is 6.92 Å². The molecule has 1 aromatic rings. The Morgan fingerprint density at radius 2 is 2.31 bits per heavy atom. The second-order valence-corrected chi connectivity index (χ2v) is 3.92. The summed E-state index contributed by atoms with van der Waals surface area (Å²) < 4.78 is 0. The van der Waals surface area contributed by atoms with E-state index in [-0.39, 0.29) is 11.8 Å². The molecule has 5 heteroatoms. The van der Waals surface area contributed by atoms with Crippen molar-refractivity contribution in [1.82, 2.24) is 4.98 Å². The molecule has 0 saturated carbocycles. The third-order valence-electron chi connectivity index (χ3n) is 2.27. The molecule has 5 nitrogen and oxygen atoms in total. The number of nitrogens with two attached hydrogens (primary N) is 1. The fourth-order valence-electron chi connectivity index (χ4n) is 1.11. The molecule has 1 heterocycles. The van der Waals surface area contributed by atoms with Crippen molar-refractivity contribution in [3.63, 3.8) is 0 Å². The van der Waals surface area contributed by atoms with Gasteiger partial charge in [-0.25, -0.2) is 4.98 Å². The normalized spacial score (nSPS) is 12.0. The molecule has 16 heavy (non-hydrogen) atoms. The number of hydrogen-bond acceptors (Lipinski definition) is 4. The van der Waals surface area contributed by atoms with Gasteiger partial charge in [-0.1, -0.05) is 6.92 Å². The van der Waals surface area contributed by atoms with Crippen LogP contribution in [-0.2, 0) is 4.79 Å². The summed E-state index contributed by atoms with van der Waals surface area (Å²) in [5, 5.41) is 2.80. The summed E-state index contributed by atoms with van der Waals surface area (Å²) in [6.45, 7) is 2.14. The number of rotatable bonds is 4. The molecule has 0 aromatic carbocycles. The Bertz CT molecular complexity index is 365. The first-order valence-electron chi connectivity index (χ1n) is 5.19. The van der Waals surface area contributed by atoms with Crippen LogP contribution in [0.4, 0.5) is 11.5 Å². The van der Waals surface area contributed by atoms with E-state index in [0.717, 1.165) is 11.5 Å². The van der Waals surface area contributed by atoms with Crippen LogP contribution in [0.2, 0.25) is 0 Å². The zero-order valence-electron chi connectivity index (χ0n) is 9.90. The topological polar surface area (TPSA) is 71.2 Å². The lowest BCUT2D eigenvalue weighted by atomic mass is 10.1. The maximum atomic E-state index is 11.6. The number of nitrogens with one attached hydrogen (secondary N) is 1. The van der Waals surface area contributed by atoms with Crippen molar-refractivity contribution in [3.05, 3.63) is 18.3 Å².